The zero-order valence-electron chi connectivity index (χ0n) is 9.61. The lowest BCUT2D eigenvalue weighted by Gasteiger charge is -2.18. The lowest BCUT2D eigenvalue weighted by atomic mass is 10.1. The Morgan fingerprint density at radius 1 is 1.17 bits per heavy atom. The van der Waals surface area contributed by atoms with Crippen LogP contribution in [0.3, 0.4) is 0 Å². The Morgan fingerprint density at radius 3 is 2.50 bits per heavy atom. The molecule has 4 heteroatoms. The van der Waals surface area contributed by atoms with E-state index in [0.29, 0.717) is 5.69 Å². The van der Waals surface area contributed by atoms with Crippen LogP contribution in [0.1, 0.15) is 11.6 Å². The molecule has 0 saturated heterocycles. The Morgan fingerprint density at radius 2 is 1.89 bits per heavy atom. The molecule has 2 aromatic carbocycles. The minimum Gasteiger partial charge on any atom is -0.394 e. The summed E-state index contributed by atoms with van der Waals surface area (Å²) in [5.41, 5.74) is 1.60. The summed E-state index contributed by atoms with van der Waals surface area (Å²) in [4.78, 5) is 0. The number of aliphatic hydroxyl groups is 1. The third-order valence-corrected chi connectivity index (χ3v) is 3.15. The summed E-state index contributed by atoms with van der Waals surface area (Å²) in [6.07, 6.45) is 0. The van der Waals surface area contributed by atoms with E-state index in [1.807, 2.05) is 24.3 Å². The molecule has 1 atom stereocenters. The molecule has 1 unspecified atom stereocenters. The molecule has 0 spiro atoms. The van der Waals surface area contributed by atoms with Crippen LogP contribution in [0.2, 0.25) is 0 Å². The lowest BCUT2D eigenvalue weighted by Crippen LogP contribution is -2.14. The van der Waals surface area contributed by atoms with Crippen LogP contribution in [-0.2, 0) is 0 Å². The summed E-state index contributed by atoms with van der Waals surface area (Å²) in [7, 11) is 0. The predicted octanol–water partition coefficient (Wildman–Crippen LogP) is 3.73. The highest BCUT2D eigenvalue weighted by molar-refractivity contribution is 9.10. The number of halogens is 2. The van der Waals surface area contributed by atoms with Gasteiger partial charge >= 0.3 is 0 Å². The van der Waals surface area contributed by atoms with Gasteiger partial charge < -0.3 is 10.4 Å². The lowest BCUT2D eigenvalue weighted by molar-refractivity contribution is 0.276. The average molecular weight is 310 g/mol. The number of nitrogens with one attached hydrogen (secondary N) is 1. The second-order valence-corrected chi connectivity index (χ2v) is 4.86. The van der Waals surface area contributed by atoms with Crippen molar-refractivity contribution in [3.8, 4) is 0 Å². The molecule has 0 aromatic heterocycles. The SMILES string of the molecule is OCC(Nc1cccc(F)c1)c1ccc(Br)cc1. The van der Waals surface area contributed by atoms with Crippen molar-refractivity contribution < 1.29 is 9.50 Å². The molecule has 0 amide bonds. The molecule has 0 saturated carbocycles. The van der Waals surface area contributed by atoms with Gasteiger partial charge in [-0.2, -0.15) is 0 Å². The van der Waals surface area contributed by atoms with Gasteiger partial charge in [-0.1, -0.05) is 34.1 Å². The van der Waals surface area contributed by atoms with Crippen LogP contribution in [-0.4, -0.2) is 11.7 Å². The largest absolute Gasteiger partial charge is 0.394 e. The van der Waals surface area contributed by atoms with Crippen LogP contribution in [0, 0.1) is 5.82 Å². The Kier molecular flexibility index (Phi) is 4.33. The first-order chi connectivity index (χ1) is 8.69. The molecule has 0 radical (unpaired) electrons. The van der Waals surface area contributed by atoms with Crippen molar-refractivity contribution in [1.82, 2.24) is 0 Å². The van der Waals surface area contributed by atoms with E-state index in [1.54, 1.807) is 12.1 Å². The Hall–Kier alpha value is -1.39. The number of hydrogen-bond acceptors (Lipinski definition) is 2. The number of benzene rings is 2. The zero-order chi connectivity index (χ0) is 13.0. The van der Waals surface area contributed by atoms with E-state index in [0.717, 1.165) is 10.0 Å². The normalized spacial score (nSPS) is 12.2. The van der Waals surface area contributed by atoms with E-state index in [-0.39, 0.29) is 18.5 Å². The monoisotopic (exact) mass is 309 g/mol. The maximum absolute atomic E-state index is 13.1. The molecule has 2 N–H and O–H groups in total. The van der Waals surface area contributed by atoms with Crippen molar-refractivity contribution in [2.45, 2.75) is 6.04 Å². The van der Waals surface area contributed by atoms with Crippen LogP contribution in [0.25, 0.3) is 0 Å². The van der Waals surface area contributed by atoms with Crippen LogP contribution >= 0.6 is 15.9 Å². The van der Waals surface area contributed by atoms with E-state index in [9.17, 15) is 9.50 Å². The molecule has 0 aliphatic rings. The predicted molar refractivity (Wildman–Crippen MR) is 74.0 cm³/mol. The standard InChI is InChI=1S/C14H13BrFNO/c15-11-6-4-10(5-7-11)14(9-18)17-13-3-1-2-12(16)8-13/h1-8,14,17-18H,9H2. The summed E-state index contributed by atoms with van der Waals surface area (Å²) in [5.74, 6) is -0.299. The van der Waals surface area contributed by atoms with Crippen LogP contribution < -0.4 is 5.32 Å². The second kappa shape index (κ2) is 5.98. The molecular weight excluding hydrogens is 297 g/mol. The van der Waals surface area contributed by atoms with Gasteiger partial charge in [0.25, 0.3) is 0 Å². The highest BCUT2D eigenvalue weighted by Gasteiger charge is 2.10. The molecular formula is C14H13BrFNO. The van der Waals surface area contributed by atoms with E-state index in [1.165, 1.54) is 12.1 Å². The Labute approximate surface area is 114 Å². The minimum absolute atomic E-state index is 0.0574. The molecule has 94 valence electrons. The topological polar surface area (TPSA) is 32.3 Å². The summed E-state index contributed by atoms with van der Waals surface area (Å²) in [6, 6.07) is 13.6. The first-order valence-corrected chi connectivity index (χ1v) is 6.37. The van der Waals surface area contributed by atoms with Gasteiger partial charge in [0.05, 0.1) is 12.6 Å². The van der Waals surface area contributed by atoms with E-state index in [4.69, 9.17) is 0 Å². The molecule has 18 heavy (non-hydrogen) atoms. The average Bonchev–Trinajstić information content (AvgIpc) is 2.37. The van der Waals surface area contributed by atoms with Crippen molar-refractivity contribution in [2.24, 2.45) is 0 Å². The summed E-state index contributed by atoms with van der Waals surface area (Å²) in [5, 5.41) is 12.5. The van der Waals surface area contributed by atoms with Crippen LogP contribution in [0.5, 0.6) is 0 Å². The van der Waals surface area contributed by atoms with Gasteiger partial charge in [-0.05, 0) is 35.9 Å². The van der Waals surface area contributed by atoms with Crippen molar-refractivity contribution >= 4 is 21.6 Å². The quantitative estimate of drug-likeness (QED) is 0.902. The third-order valence-electron chi connectivity index (χ3n) is 2.62. The fourth-order valence-corrected chi connectivity index (χ4v) is 1.97. The van der Waals surface area contributed by atoms with Gasteiger partial charge in [-0.25, -0.2) is 4.39 Å². The zero-order valence-corrected chi connectivity index (χ0v) is 11.2. The smallest absolute Gasteiger partial charge is 0.125 e. The molecule has 2 aromatic rings. The molecule has 0 bridgehead atoms. The second-order valence-electron chi connectivity index (χ2n) is 3.94. The first-order valence-electron chi connectivity index (χ1n) is 5.57. The van der Waals surface area contributed by atoms with Gasteiger partial charge in [-0.3, -0.25) is 0 Å². The summed E-state index contributed by atoms with van der Waals surface area (Å²) in [6.45, 7) is -0.0574. The Balaban J connectivity index is 2.17. The van der Waals surface area contributed by atoms with Crippen LogP contribution in [0.4, 0.5) is 10.1 Å². The van der Waals surface area contributed by atoms with Gasteiger partial charge in [0.15, 0.2) is 0 Å². The molecule has 2 nitrogen and oxygen atoms in total. The number of rotatable bonds is 4. The van der Waals surface area contributed by atoms with Crippen molar-refractivity contribution in [1.29, 1.82) is 0 Å². The van der Waals surface area contributed by atoms with E-state index >= 15 is 0 Å². The molecule has 0 aliphatic heterocycles. The van der Waals surface area contributed by atoms with E-state index < -0.39 is 0 Å². The summed E-state index contributed by atoms with van der Waals surface area (Å²) >= 11 is 3.36. The van der Waals surface area contributed by atoms with Gasteiger partial charge in [0, 0.05) is 10.2 Å². The summed E-state index contributed by atoms with van der Waals surface area (Å²) < 4.78 is 14.0. The first kappa shape index (κ1) is 13.1. The molecule has 0 aliphatic carbocycles. The maximum atomic E-state index is 13.1. The maximum Gasteiger partial charge on any atom is 0.125 e. The third kappa shape index (κ3) is 3.31. The highest BCUT2D eigenvalue weighted by Crippen LogP contribution is 2.21. The van der Waals surface area contributed by atoms with Crippen LogP contribution in [0.15, 0.2) is 53.0 Å². The fraction of sp³-hybridized carbons (Fsp3) is 0.143. The van der Waals surface area contributed by atoms with Crippen molar-refractivity contribution in [2.75, 3.05) is 11.9 Å². The Bertz CT molecular complexity index is 515. The van der Waals surface area contributed by atoms with Crippen molar-refractivity contribution in [3.05, 3.63) is 64.4 Å². The number of aliphatic hydroxyl groups excluding tert-OH is 1. The number of anilines is 1. The van der Waals surface area contributed by atoms with E-state index in [2.05, 4.69) is 21.2 Å². The van der Waals surface area contributed by atoms with Gasteiger partial charge in [0.1, 0.15) is 5.82 Å². The molecule has 2 rings (SSSR count). The highest BCUT2D eigenvalue weighted by atomic mass is 79.9. The molecule has 0 fully saturated rings. The number of hydrogen-bond donors (Lipinski definition) is 2. The van der Waals surface area contributed by atoms with Gasteiger partial charge in [-0.15, -0.1) is 0 Å². The van der Waals surface area contributed by atoms with Gasteiger partial charge in [0.2, 0.25) is 0 Å². The molecule has 0 heterocycles. The fourth-order valence-electron chi connectivity index (χ4n) is 1.71. The minimum atomic E-state index is -0.299. The van der Waals surface area contributed by atoms with Crippen molar-refractivity contribution in [3.63, 3.8) is 0 Å².